The number of Topliss-reactive ketones (excluding diaryl/α,β-unsaturated/α-hetero) is 2. The van der Waals surface area contributed by atoms with Gasteiger partial charge in [0, 0.05) is 71.8 Å². The zero-order valence-corrected chi connectivity index (χ0v) is 36.3. The smallest absolute Gasteiger partial charge is 0.328 e. The molecular formula is C44H70N2O12. The zero-order valence-electron chi connectivity index (χ0n) is 36.3. The summed E-state index contributed by atoms with van der Waals surface area (Å²) < 4.78 is 22.9. The first-order chi connectivity index (χ1) is 27.1. The number of unbranched alkanes of at least 4 members (excludes halogenated alkanes) is 2. The molecule has 0 radical (unpaired) electrons. The van der Waals surface area contributed by atoms with Gasteiger partial charge in [0.2, 0.25) is 0 Å². The minimum atomic E-state index is -1.26. The summed E-state index contributed by atoms with van der Waals surface area (Å²) in [7, 11) is 0. The fourth-order valence-electron chi connectivity index (χ4n) is 4.44. The van der Waals surface area contributed by atoms with Crippen molar-refractivity contribution in [2.75, 3.05) is 39.5 Å². The highest BCUT2D eigenvalue weighted by atomic mass is 16.5. The number of aliphatic hydroxyl groups excluding tert-OH is 2. The van der Waals surface area contributed by atoms with Gasteiger partial charge in [-0.3, -0.25) is 9.59 Å². The van der Waals surface area contributed by atoms with Crippen molar-refractivity contribution in [3.8, 4) is 11.5 Å². The maximum absolute atomic E-state index is 11.6. The molecule has 0 aromatic heterocycles. The van der Waals surface area contributed by atoms with Crippen molar-refractivity contribution >= 4 is 23.5 Å². The first-order valence-electron chi connectivity index (χ1n) is 19.8. The number of carbonyl (C=O) groups excluding carboxylic acids is 2. The number of aliphatic carboxylic acids is 2. The van der Waals surface area contributed by atoms with Gasteiger partial charge in [0.1, 0.15) is 36.9 Å². The molecule has 2 aromatic rings. The molecule has 0 saturated carbocycles. The number of hydrogen-bond donors (Lipinski definition) is 6. The lowest BCUT2D eigenvalue weighted by Crippen LogP contribution is -2.42. The molecule has 0 fully saturated rings. The highest BCUT2D eigenvalue weighted by Crippen LogP contribution is 2.23. The topological polar surface area (TPSA) is 210 Å². The van der Waals surface area contributed by atoms with E-state index in [0.717, 1.165) is 36.8 Å². The van der Waals surface area contributed by atoms with Gasteiger partial charge < -0.3 is 50.0 Å². The van der Waals surface area contributed by atoms with Crippen LogP contribution in [0.5, 0.6) is 11.5 Å². The van der Waals surface area contributed by atoms with Crippen LogP contribution in [0.15, 0.2) is 48.6 Å². The molecule has 0 aliphatic carbocycles. The summed E-state index contributed by atoms with van der Waals surface area (Å²) in [5.41, 5.74) is 2.83. The van der Waals surface area contributed by atoms with Gasteiger partial charge in [-0.2, -0.15) is 0 Å². The predicted molar refractivity (Wildman–Crippen MR) is 225 cm³/mol. The second-order valence-electron chi connectivity index (χ2n) is 15.8. The number of carboxylic acids is 2. The summed E-state index contributed by atoms with van der Waals surface area (Å²) in [6.07, 6.45) is 4.04. The molecule has 2 rings (SSSR count). The number of hydrogen-bond acceptors (Lipinski definition) is 12. The molecule has 14 nitrogen and oxygen atoms in total. The number of ketones is 2. The molecule has 0 bridgehead atoms. The maximum atomic E-state index is 11.6. The molecule has 0 heterocycles. The van der Waals surface area contributed by atoms with Gasteiger partial charge in [-0.15, -0.1) is 0 Å². The Bertz CT molecular complexity index is 1430. The van der Waals surface area contributed by atoms with E-state index >= 15 is 0 Å². The van der Waals surface area contributed by atoms with E-state index in [-0.39, 0.29) is 35.9 Å². The second-order valence-corrected chi connectivity index (χ2v) is 15.8. The van der Waals surface area contributed by atoms with Crippen molar-refractivity contribution in [3.63, 3.8) is 0 Å². The van der Waals surface area contributed by atoms with Gasteiger partial charge >= 0.3 is 11.9 Å². The molecule has 2 atom stereocenters. The fraction of sp³-hybridized carbons (Fsp3) is 0.591. The second kappa shape index (κ2) is 29.1. The number of nitrogens with one attached hydrogen (secondary N) is 2. The molecule has 0 aliphatic rings. The maximum Gasteiger partial charge on any atom is 0.328 e. The van der Waals surface area contributed by atoms with Crippen LogP contribution in [-0.2, 0) is 32.3 Å². The van der Waals surface area contributed by atoms with Gasteiger partial charge in [0.25, 0.3) is 0 Å². The number of carboxylic acid groups (broad SMARTS) is 2. The first-order valence-corrected chi connectivity index (χ1v) is 19.8. The molecule has 0 spiro atoms. The first kappa shape index (κ1) is 53.8. The van der Waals surface area contributed by atoms with Crippen molar-refractivity contribution in [1.29, 1.82) is 0 Å². The summed E-state index contributed by atoms with van der Waals surface area (Å²) in [6, 6.07) is 10.7. The lowest BCUT2D eigenvalue weighted by molar-refractivity contribution is -0.134. The van der Waals surface area contributed by atoms with Crippen LogP contribution in [0.4, 0.5) is 0 Å². The Morgan fingerprint density at radius 3 is 1.26 bits per heavy atom. The van der Waals surface area contributed by atoms with E-state index in [0.29, 0.717) is 74.3 Å². The van der Waals surface area contributed by atoms with Crippen LogP contribution in [0.25, 0.3) is 0 Å². The molecule has 328 valence electrons. The summed E-state index contributed by atoms with van der Waals surface area (Å²) in [6.45, 7) is 23.0. The van der Waals surface area contributed by atoms with E-state index in [1.54, 1.807) is 38.1 Å². The Hall–Kier alpha value is -4.18. The Morgan fingerprint density at radius 1 is 0.638 bits per heavy atom. The van der Waals surface area contributed by atoms with Crippen molar-refractivity contribution in [3.05, 3.63) is 70.8 Å². The van der Waals surface area contributed by atoms with Crippen molar-refractivity contribution in [2.45, 2.75) is 131 Å². The van der Waals surface area contributed by atoms with Crippen molar-refractivity contribution in [1.82, 2.24) is 10.6 Å². The quantitative estimate of drug-likeness (QED) is 0.0386. The molecule has 2 unspecified atom stereocenters. The van der Waals surface area contributed by atoms with E-state index < -0.39 is 24.1 Å². The van der Waals surface area contributed by atoms with Gasteiger partial charge in [-0.1, -0.05) is 26.7 Å². The van der Waals surface area contributed by atoms with Crippen LogP contribution in [0.3, 0.4) is 0 Å². The largest absolute Gasteiger partial charge is 0.490 e. The Kier molecular flexibility index (Phi) is 27.0. The van der Waals surface area contributed by atoms with E-state index in [1.165, 1.54) is 0 Å². The SMILES string of the molecule is CCCCOCc1cc(C(C)=O)ccc1OCC(O)CNC(C)(C)C.CCCCOCc1cc(C(C)=O)ccc1OCC(O)CNC(C)(C)C.O=C(O)/C=C/C(=O)O. The minimum Gasteiger partial charge on any atom is -0.490 e. The standard InChI is InChI=1S/2C20H33NO4.C4H4O4/c2*1-6-7-10-24-13-17-11-16(15(2)22)8-9-19(17)25-14-18(23)12-21-20(3,4)5;5-3(6)1-2-4(7)8/h2*8-9,11,18,21,23H,6-7,10,12-14H2,1-5H3;1-2H,(H,5,6)(H,7,8)/b;;2-1+. The van der Waals surface area contributed by atoms with E-state index in [4.69, 9.17) is 29.2 Å². The zero-order chi connectivity index (χ0) is 44.3. The highest BCUT2D eigenvalue weighted by molar-refractivity contribution is 5.95. The highest BCUT2D eigenvalue weighted by Gasteiger charge is 2.16. The molecule has 6 N–H and O–H groups in total. The number of rotatable bonds is 24. The molecule has 58 heavy (non-hydrogen) atoms. The van der Waals surface area contributed by atoms with E-state index in [2.05, 4.69) is 24.5 Å². The average Bonchev–Trinajstić information content (AvgIpc) is 3.14. The Balaban J connectivity index is 0.000000943. The fourth-order valence-corrected chi connectivity index (χ4v) is 4.44. The number of ether oxygens (including phenoxy) is 4. The summed E-state index contributed by atoms with van der Waals surface area (Å²) in [5.74, 6) is -1.20. The van der Waals surface area contributed by atoms with E-state index in [1.807, 2.05) is 53.7 Å². The molecular weight excluding hydrogens is 748 g/mol. The number of aliphatic hydroxyl groups is 2. The van der Waals surface area contributed by atoms with Gasteiger partial charge in [0.15, 0.2) is 11.6 Å². The van der Waals surface area contributed by atoms with Crippen molar-refractivity contribution in [2.24, 2.45) is 0 Å². The van der Waals surface area contributed by atoms with Gasteiger partial charge in [-0.25, -0.2) is 9.59 Å². The number of benzene rings is 2. The number of β-amino-alcohol motifs (C(OH)–C–C–N with tert-alkyl or cyclic N) is 2. The lowest BCUT2D eigenvalue weighted by atomic mass is 10.1. The summed E-state index contributed by atoms with van der Waals surface area (Å²) in [5, 5.41) is 42.3. The molecule has 14 heteroatoms. The molecule has 0 aliphatic heterocycles. The van der Waals surface area contributed by atoms with E-state index in [9.17, 15) is 29.4 Å². The Morgan fingerprint density at radius 2 is 0.983 bits per heavy atom. The van der Waals surface area contributed by atoms with Gasteiger partial charge in [0.05, 0.1) is 13.2 Å². The molecule has 0 saturated heterocycles. The normalized spacial score (nSPS) is 12.4. The van der Waals surface area contributed by atoms with Crippen molar-refractivity contribution < 1.29 is 58.6 Å². The predicted octanol–water partition coefficient (Wildman–Crippen LogP) is 6.38. The van der Waals surface area contributed by atoms with Gasteiger partial charge in [-0.05, 0) is 105 Å². The summed E-state index contributed by atoms with van der Waals surface area (Å²) >= 11 is 0. The Labute approximate surface area is 345 Å². The minimum absolute atomic E-state index is 0.00997. The average molecular weight is 819 g/mol. The van der Waals surface area contributed by atoms with Crippen LogP contribution in [0.2, 0.25) is 0 Å². The van der Waals surface area contributed by atoms with Crippen LogP contribution >= 0.6 is 0 Å². The van der Waals surface area contributed by atoms with Crippen LogP contribution < -0.4 is 20.1 Å². The molecule has 2 aromatic carbocycles. The van der Waals surface area contributed by atoms with Crippen LogP contribution in [0, 0.1) is 0 Å². The third kappa shape index (κ3) is 28.3. The monoisotopic (exact) mass is 818 g/mol. The third-order valence-electron chi connectivity index (χ3n) is 7.70. The number of carbonyl (C=O) groups is 4. The third-order valence-corrected chi connectivity index (χ3v) is 7.70. The summed E-state index contributed by atoms with van der Waals surface area (Å²) in [4.78, 5) is 42.3. The van der Waals surface area contributed by atoms with Crippen LogP contribution in [-0.4, -0.2) is 107 Å². The van der Waals surface area contributed by atoms with Crippen LogP contribution in [0.1, 0.15) is 127 Å². The lowest BCUT2D eigenvalue weighted by Gasteiger charge is -2.23. The molecule has 0 amide bonds.